The molecule has 2 N–H and O–H groups in total. The van der Waals surface area contributed by atoms with Crippen molar-refractivity contribution in [1.82, 2.24) is 0 Å². The van der Waals surface area contributed by atoms with Crippen molar-refractivity contribution in [1.29, 1.82) is 0 Å². The molecular weight excluding hydrogens is 414 g/mol. The first-order valence-corrected chi connectivity index (χ1v) is 10.4. The number of benzene rings is 5. The molecule has 5 nitrogen and oxygen atoms in total. The van der Waals surface area contributed by atoms with E-state index >= 15 is 0 Å². The van der Waals surface area contributed by atoms with E-state index in [9.17, 15) is 19.8 Å². The van der Waals surface area contributed by atoms with Crippen molar-refractivity contribution in [3.05, 3.63) is 114 Å². The average molecular weight is 433 g/mol. The monoisotopic (exact) mass is 433 g/mol. The molecule has 0 atom stereocenters. The highest BCUT2D eigenvalue weighted by molar-refractivity contribution is 6.14. The maximum Gasteiger partial charge on any atom is 0.335 e. The number of anilines is 3. The summed E-state index contributed by atoms with van der Waals surface area (Å²) in [4.78, 5) is 24.9. The van der Waals surface area contributed by atoms with Crippen molar-refractivity contribution in [3.8, 4) is 0 Å². The Hall–Kier alpha value is -4.64. The van der Waals surface area contributed by atoms with Crippen LogP contribution in [0.3, 0.4) is 0 Å². The van der Waals surface area contributed by atoms with Crippen LogP contribution in [-0.4, -0.2) is 22.2 Å². The Morgan fingerprint density at radius 1 is 0.545 bits per heavy atom. The molecule has 0 heterocycles. The fraction of sp³-hybridized carbons (Fsp3) is 0. The number of hydrogen-bond donors (Lipinski definition) is 2. The number of carbonyl (C=O) groups is 2. The fourth-order valence-corrected chi connectivity index (χ4v) is 4.14. The topological polar surface area (TPSA) is 77.8 Å². The van der Waals surface area contributed by atoms with Crippen molar-refractivity contribution in [2.45, 2.75) is 0 Å². The average Bonchev–Trinajstić information content (AvgIpc) is 2.84. The highest BCUT2D eigenvalue weighted by Crippen LogP contribution is 2.43. The standard InChI is InChI=1S/C28H19NO4/c30-27(31)18-9-13-22(14-10-18)29(23-15-11-19(12-16-23)28(32)33)26-24-7-3-1-5-20(24)17-21-6-2-4-8-25(21)26/h1-17H,(H,30,31)(H,32,33). The van der Waals surface area contributed by atoms with E-state index in [1.165, 1.54) is 0 Å². The van der Waals surface area contributed by atoms with Crippen LogP contribution in [0.5, 0.6) is 0 Å². The minimum absolute atomic E-state index is 0.197. The Morgan fingerprint density at radius 2 is 0.939 bits per heavy atom. The molecule has 0 amide bonds. The van der Waals surface area contributed by atoms with E-state index in [4.69, 9.17) is 0 Å². The maximum absolute atomic E-state index is 11.4. The number of carboxylic acids is 2. The van der Waals surface area contributed by atoms with Gasteiger partial charge >= 0.3 is 11.9 Å². The van der Waals surface area contributed by atoms with Crippen molar-refractivity contribution in [3.63, 3.8) is 0 Å². The van der Waals surface area contributed by atoms with Gasteiger partial charge in [-0.1, -0.05) is 48.5 Å². The molecule has 0 spiro atoms. The van der Waals surface area contributed by atoms with Crippen molar-refractivity contribution in [2.75, 3.05) is 4.90 Å². The molecule has 0 unspecified atom stereocenters. The van der Waals surface area contributed by atoms with Crippen molar-refractivity contribution in [2.24, 2.45) is 0 Å². The van der Waals surface area contributed by atoms with Gasteiger partial charge in [-0.05, 0) is 65.4 Å². The first-order chi connectivity index (χ1) is 16.0. The van der Waals surface area contributed by atoms with Crippen LogP contribution in [0.1, 0.15) is 20.7 Å². The van der Waals surface area contributed by atoms with Crippen molar-refractivity contribution < 1.29 is 19.8 Å². The highest BCUT2D eigenvalue weighted by atomic mass is 16.4. The third-order valence-corrected chi connectivity index (χ3v) is 5.71. The number of nitrogens with zero attached hydrogens (tertiary/aromatic N) is 1. The summed E-state index contributed by atoms with van der Waals surface area (Å²) in [7, 11) is 0. The maximum atomic E-state index is 11.4. The van der Waals surface area contributed by atoms with Crippen LogP contribution in [-0.2, 0) is 0 Å². The van der Waals surface area contributed by atoms with E-state index in [2.05, 4.69) is 30.3 Å². The van der Waals surface area contributed by atoms with E-state index in [0.717, 1.165) is 38.6 Å². The summed E-state index contributed by atoms with van der Waals surface area (Å²) in [6, 6.07) is 31.7. The van der Waals surface area contributed by atoms with Crippen LogP contribution >= 0.6 is 0 Å². The lowest BCUT2D eigenvalue weighted by atomic mass is 9.99. The summed E-state index contributed by atoms with van der Waals surface area (Å²) < 4.78 is 0. The predicted molar refractivity (Wildman–Crippen MR) is 130 cm³/mol. The van der Waals surface area contributed by atoms with Gasteiger partial charge in [0.2, 0.25) is 0 Å². The Balaban J connectivity index is 1.83. The quantitative estimate of drug-likeness (QED) is 0.296. The fourth-order valence-electron chi connectivity index (χ4n) is 4.14. The van der Waals surface area contributed by atoms with E-state index in [1.807, 2.05) is 29.2 Å². The van der Waals surface area contributed by atoms with Gasteiger partial charge in [-0.3, -0.25) is 0 Å². The molecule has 0 aliphatic carbocycles. The third-order valence-electron chi connectivity index (χ3n) is 5.71. The van der Waals surface area contributed by atoms with Crippen molar-refractivity contribution >= 4 is 50.5 Å². The minimum Gasteiger partial charge on any atom is -0.478 e. The van der Waals surface area contributed by atoms with Gasteiger partial charge < -0.3 is 15.1 Å². The number of rotatable bonds is 5. The second kappa shape index (κ2) is 8.13. The van der Waals surface area contributed by atoms with Crippen LogP contribution in [0.25, 0.3) is 21.5 Å². The van der Waals surface area contributed by atoms with Crippen LogP contribution in [0, 0.1) is 0 Å². The molecule has 0 bridgehead atoms. The molecule has 0 radical (unpaired) electrons. The third kappa shape index (κ3) is 3.66. The lowest BCUT2D eigenvalue weighted by Crippen LogP contribution is -2.12. The van der Waals surface area contributed by atoms with Gasteiger partial charge in [0.1, 0.15) is 0 Å². The molecule has 33 heavy (non-hydrogen) atoms. The number of carboxylic acid groups (broad SMARTS) is 2. The van der Waals surface area contributed by atoms with Gasteiger partial charge in [0.05, 0.1) is 16.8 Å². The summed E-state index contributed by atoms with van der Waals surface area (Å²) in [5.74, 6) is -1.98. The number of aromatic carboxylic acids is 2. The normalized spacial score (nSPS) is 10.9. The van der Waals surface area contributed by atoms with E-state index < -0.39 is 11.9 Å². The van der Waals surface area contributed by atoms with Gasteiger partial charge in [0.15, 0.2) is 0 Å². The molecule has 0 aromatic heterocycles. The minimum atomic E-state index is -0.991. The Kier molecular flexibility index (Phi) is 4.99. The molecule has 160 valence electrons. The van der Waals surface area contributed by atoms with Gasteiger partial charge in [-0.2, -0.15) is 0 Å². The van der Waals surface area contributed by atoms with Gasteiger partial charge in [0.25, 0.3) is 0 Å². The molecule has 0 saturated carbocycles. The SMILES string of the molecule is O=C(O)c1ccc(N(c2ccc(C(=O)O)cc2)c2c3ccccc3cc3ccccc23)cc1. The van der Waals surface area contributed by atoms with Gasteiger partial charge in [-0.15, -0.1) is 0 Å². The molecule has 0 saturated heterocycles. The zero-order valence-corrected chi connectivity index (χ0v) is 17.5. The van der Waals surface area contributed by atoms with Crippen LogP contribution < -0.4 is 4.90 Å². The molecule has 5 heteroatoms. The second-order valence-corrected chi connectivity index (χ2v) is 7.71. The summed E-state index contributed by atoms with van der Waals surface area (Å²) in [5, 5.41) is 22.9. The number of hydrogen-bond acceptors (Lipinski definition) is 3. The van der Waals surface area contributed by atoms with E-state index in [0.29, 0.717) is 0 Å². The zero-order chi connectivity index (χ0) is 22.9. The smallest absolute Gasteiger partial charge is 0.335 e. The van der Waals surface area contributed by atoms with E-state index in [1.54, 1.807) is 48.5 Å². The zero-order valence-electron chi connectivity index (χ0n) is 17.5. The highest BCUT2D eigenvalue weighted by Gasteiger charge is 2.19. The number of fused-ring (bicyclic) bond motifs is 2. The lowest BCUT2D eigenvalue weighted by Gasteiger charge is -2.28. The molecule has 5 rings (SSSR count). The molecule has 5 aromatic carbocycles. The first-order valence-electron chi connectivity index (χ1n) is 10.4. The van der Waals surface area contributed by atoms with Crippen LogP contribution in [0.2, 0.25) is 0 Å². The van der Waals surface area contributed by atoms with Crippen LogP contribution in [0.4, 0.5) is 17.1 Å². The van der Waals surface area contributed by atoms with Crippen LogP contribution in [0.15, 0.2) is 103 Å². The first kappa shape index (κ1) is 20.3. The lowest BCUT2D eigenvalue weighted by molar-refractivity contribution is 0.0686. The molecule has 5 aromatic rings. The molecule has 0 aliphatic rings. The summed E-state index contributed by atoms with van der Waals surface area (Å²) >= 11 is 0. The second-order valence-electron chi connectivity index (χ2n) is 7.71. The molecular formula is C28H19NO4. The Morgan fingerprint density at radius 3 is 1.33 bits per heavy atom. The van der Waals surface area contributed by atoms with Gasteiger partial charge in [0, 0.05) is 22.1 Å². The van der Waals surface area contributed by atoms with Gasteiger partial charge in [-0.25, -0.2) is 9.59 Å². The summed E-state index contributed by atoms with van der Waals surface area (Å²) in [6.45, 7) is 0. The predicted octanol–water partition coefficient (Wildman–Crippen LogP) is 6.86. The molecule has 0 fully saturated rings. The summed E-state index contributed by atoms with van der Waals surface area (Å²) in [5.41, 5.74) is 2.87. The largest absolute Gasteiger partial charge is 0.478 e. The Labute approximate surface area is 189 Å². The summed E-state index contributed by atoms with van der Waals surface area (Å²) in [6.07, 6.45) is 0. The molecule has 0 aliphatic heterocycles. The Bertz CT molecular complexity index is 1390. The van der Waals surface area contributed by atoms with E-state index in [-0.39, 0.29) is 11.1 Å².